The van der Waals surface area contributed by atoms with E-state index in [2.05, 4.69) is 0 Å². The average Bonchev–Trinajstić information content (AvgIpc) is 3.76. The van der Waals surface area contributed by atoms with Gasteiger partial charge in [0, 0.05) is 16.8 Å². The van der Waals surface area contributed by atoms with E-state index in [1.165, 1.54) is 67.6 Å². The highest BCUT2D eigenvalue weighted by molar-refractivity contribution is 7.92. The number of carbonyl (C=O) groups is 2. The number of benzene rings is 6. The number of hydrogen-bond acceptors (Lipinski definition) is 9. The maximum atomic E-state index is 15.0. The Morgan fingerprint density at radius 1 is 0.700 bits per heavy atom. The van der Waals surface area contributed by atoms with Crippen molar-refractivity contribution in [1.29, 1.82) is 0 Å². The summed E-state index contributed by atoms with van der Waals surface area (Å²) in [6.07, 6.45) is 2.15. The molecule has 0 aromatic heterocycles. The maximum Gasteiger partial charge on any atom is 0.317 e. The summed E-state index contributed by atoms with van der Waals surface area (Å²) in [4.78, 5) is 26.2. The minimum Gasteiger partial charge on any atom is -0.456 e. The summed E-state index contributed by atoms with van der Waals surface area (Å²) in [5.41, 5.74) is 1.51. The molecule has 0 radical (unpaired) electrons. The highest BCUT2D eigenvalue weighted by Crippen LogP contribution is 2.41. The van der Waals surface area contributed by atoms with Crippen LogP contribution in [0.1, 0.15) is 54.9 Å². The number of rotatable bonds is 12. The molecule has 0 unspecified atom stereocenters. The highest BCUT2D eigenvalue weighted by atomic mass is 35.5. The second kappa shape index (κ2) is 16.9. The number of esters is 2. The van der Waals surface area contributed by atoms with Crippen LogP contribution < -0.4 is 9.47 Å². The third-order valence-corrected chi connectivity index (χ3v) is 15.1. The van der Waals surface area contributed by atoms with Gasteiger partial charge in [-0.15, -0.1) is 0 Å². The van der Waals surface area contributed by atoms with Gasteiger partial charge in [-0.25, -0.2) is 30.0 Å². The van der Waals surface area contributed by atoms with Gasteiger partial charge in [0.1, 0.15) is 45.3 Å². The van der Waals surface area contributed by atoms with E-state index in [0.717, 1.165) is 25.0 Å². The van der Waals surface area contributed by atoms with Gasteiger partial charge in [-0.2, -0.15) is 0 Å². The lowest BCUT2D eigenvalue weighted by Crippen LogP contribution is -2.17. The summed E-state index contributed by atoms with van der Waals surface area (Å²) in [6, 6.07) is 18.9. The number of ether oxygens (including phenoxy) is 3. The molecule has 0 amide bonds. The second-order valence-corrected chi connectivity index (χ2v) is 19.5. The van der Waals surface area contributed by atoms with Crippen LogP contribution in [-0.4, -0.2) is 39.8 Å². The molecule has 15 heteroatoms. The molecule has 60 heavy (non-hydrogen) atoms. The van der Waals surface area contributed by atoms with Crippen LogP contribution in [0.4, 0.5) is 13.2 Å². The summed E-state index contributed by atoms with van der Waals surface area (Å²) in [5, 5.41) is 0.954. The topological polar surface area (TPSA) is 130 Å². The van der Waals surface area contributed by atoms with E-state index in [4.69, 9.17) is 25.8 Å². The van der Waals surface area contributed by atoms with Gasteiger partial charge >= 0.3 is 11.9 Å². The molecule has 1 fully saturated rings. The van der Waals surface area contributed by atoms with Gasteiger partial charge in [0.15, 0.2) is 19.7 Å². The quantitative estimate of drug-likeness (QED) is 0.0871. The first kappa shape index (κ1) is 42.7. The van der Waals surface area contributed by atoms with Crippen LogP contribution in [0.5, 0.6) is 23.0 Å². The molecule has 9 nitrogen and oxygen atoms in total. The molecule has 0 aliphatic heterocycles. The molecule has 6 aromatic rings. The van der Waals surface area contributed by atoms with E-state index in [1.54, 1.807) is 26.0 Å². The molecule has 0 N–H and O–H groups in total. The summed E-state index contributed by atoms with van der Waals surface area (Å²) >= 11 is 6.35. The van der Waals surface area contributed by atoms with E-state index in [9.17, 15) is 35.2 Å². The molecule has 312 valence electrons. The fraction of sp³-hybridized carbons (Fsp3) is 0.244. The largest absolute Gasteiger partial charge is 0.456 e. The number of carbonyl (C=O) groups excluding carboxylic acids is 2. The lowest BCUT2D eigenvalue weighted by atomic mass is 9.97. The van der Waals surface area contributed by atoms with E-state index >= 15 is 4.39 Å². The zero-order valence-corrected chi connectivity index (χ0v) is 35.0. The second-order valence-electron chi connectivity index (χ2n) is 14.7. The third-order valence-electron chi connectivity index (χ3n) is 10.7. The molecule has 0 heterocycles. The summed E-state index contributed by atoms with van der Waals surface area (Å²) in [7, 11) is -7.46. The van der Waals surface area contributed by atoms with Crippen LogP contribution in [0.15, 0.2) is 94.7 Å². The van der Waals surface area contributed by atoms with Crippen LogP contribution >= 0.6 is 11.6 Å². The lowest BCUT2D eigenvalue weighted by molar-refractivity contribution is -0.158. The van der Waals surface area contributed by atoms with Crippen molar-refractivity contribution in [3.05, 3.63) is 130 Å². The molecular weight excluding hydrogens is 841 g/mol. The number of halogens is 4. The van der Waals surface area contributed by atoms with Gasteiger partial charge in [0.2, 0.25) is 0 Å². The predicted octanol–water partition coefficient (Wildman–Crippen LogP) is 10.6. The van der Waals surface area contributed by atoms with E-state index in [1.807, 2.05) is 0 Å². The van der Waals surface area contributed by atoms with Crippen LogP contribution in [-0.2, 0) is 46.8 Å². The SMILES string of the molecule is CCS(=O)(=O)c1cc(Cl)c(Oc2c(C)c(CC(=O)OC(=O)Cc3cc4ccc(F)cc4c(Oc4ccc(S(=O)(=O)C5CCCC5)cc4)c3C)cc3ccc(F)cc23)cc1F. The fourth-order valence-electron chi connectivity index (χ4n) is 7.43. The molecule has 6 aromatic carbocycles. The Morgan fingerprint density at radius 3 is 1.73 bits per heavy atom. The monoisotopic (exact) mass is 878 g/mol. The number of hydrogen-bond donors (Lipinski definition) is 0. The first-order valence-electron chi connectivity index (χ1n) is 19.0. The van der Waals surface area contributed by atoms with Crippen molar-refractivity contribution in [1.82, 2.24) is 0 Å². The smallest absolute Gasteiger partial charge is 0.317 e. The highest BCUT2D eigenvalue weighted by Gasteiger charge is 2.30. The number of sulfone groups is 2. The molecule has 1 aliphatic rings. The van der Waals surface area contributed by atoms with Crippen molar-refractivity contribution in [2.75, 3.05) is 5.75 Å². The Hall–Kier alpha value is -5.44. The average molecular weight is 879 g/mol. The van der Waals surface area contributed by atoms with Crippen molar-refractivity contribution in [2.45, 2.75) is 74.3 Å². The van der Waals surface area contributed by atoms with Crippen molar-refractivity contribution in [3.8, 4) is 23.0 Å². The van der Waals surface area contributed by atoms with Gasteiger partial charge in [0.05, 0.1) is 33.8 Å². The minimum atomic E-state index is -3.96. The molecule has 0 spiro atoms. The lowest BCUT2D eigenvalue weighted by Gasteiger charge is -2.18. The predicted molar refractivity (Wildman–Crippen MR) is 221 cm³/mol. The van der Waals surface area contributed by atoms with Crippen molar-refractivity contribution in [3.63, 3.8) is 0 Å². The Labute approximate surface area is 349 Å². The van der Waals surface area contributed by atoms with Crippen molar-refractivity contribution in [2.24, 2.45) is 0 Å². The summed E-state index contributed by atoms with van der Waals surface area (Å²) in [5.74, 6) is -4.18. The van der Waals surface area contributed by atoms with E-state index in [0.29, 0.717) is 51.3 Å². The molecule has 0 bridgehead atoms. The van der Waals surface area contributed by atoms with Crippen molar-refractivity contribution >= 4 is 64.8 Å². The van der Waals surface area contributed by atoms with Crippen molar-refractivity contribution < 1.29 is 53.8 Å². The van der Waals surface area contributed by atoms with Gasteiger partial charge in [-0.05, 0) is 114 Å². The molecular formula is C45H38ClF3O9S2. The third kappa shape index (κ3) is 8.72. The Kier molecular flexibility index (Phi) is 12.0. The first-order chi connectivity index (χ1) is 28.4. The van der Waals surface area contributed by atoms with Gasteiger partial charge in [-0.1, -0.05) is 55.6 Å². The van der Waals surface area contributed by atoms with Gasteiger partial charge in [0.25, 0.3) is 0 Å². The molecule has 0 saturated heterocycles. The van der Waals surface area contributed by atoms with Crippen LogP contribution in [0, 0.1) is 31.3 Å². The minimum absolute atomic E-state index is 0.00866. The zero-order chi connectivity index (χ0) is 43.1. The van der Waals surface area contributed by atoms with E-state index < -0.39 is 65.6 Å². The molecule has 1 saturated carbocycles. The Balaban J connectivity index is 1.12. The first-order valence-corrected chi connectivity index (χ1v) is 22.6. The fourth-order valence-corrected chi connectivity index (χ4v) is 10.5. The Morgan fingerprint density at radius 2 is 1.22 bits per heavy atom. The summed E-state index contributed by atoms with van der Waals surface area (Å²) in [6.45, 7) is 4.59. The standard InChI is InChI=1S/C45H38ClF3O9S2/c1-4-59(52,53)41-23-38(46)40(24-39(41)49)57-45-26(3)30(18-28-10-12-32(48)22-37(28)45)20-43(51)58-42(50)19-29-17-27-9-11-31(47)21-36(27)44(25(29)2)56-33-13-15-35(16-14-33)60(54,55)34-7-5-6-8-34/h9-18,21-24,34H,4-8,19-20H2,1-3H3. The molecule has 0 atom stereocenters. The maximum absolute atomic E-state index is 15.0. The molecule has 7 rings (SSSR count). The van der Waals surface area contributed by atoms with Crippen LogP contribution in [0.3, 0.4) is 0 Å². The normalized spacial score (nSPS) is 13.5. The van der Waals surface area contributed by atoms with E-state index in [-0.39, 0.29) is 50.5 Å². The Bertz CT molecular complexity index is 2930. The number of fused-ring (bicyclic) bond motifs is 2. The van der Waals surface area contributed by atoms with Crippen LogP contribution in [0.25, 0.3) is 21.5 Å². The van der Waals surface area contributed by atoms with Crippen LogP contribution in [0.2, 0.25) is 5.02 Å². The van der Waals surface area contributed by atoms with Gasteiger partial charge in [-0.3, -0.25) is 9.59 Å². The zero-order valence-electron chi connectivity index (χ0n) is 32.6. The molecule has 1 aliphatic carbocycles. The summed E-state index contributed by atoms with van der Waals surface area (Å²) < 4.78 is 113. The van der Waals surface area contributed by atoms with Gasteiger partial charge < -0.3 is 14.2 Å².